The summed E-state index contributed by atoms with van der Waals surface area (Å²) in [5, 5.41) is 21.5. The molecule has 0 aromatic heterocycles. The van der Waals surface area contributed by atoms with Crippen LogP contribution in [0.25, 0.3) is 0 Å². The van der Waals surface area contributed by atoms with E-state index in [9.17, 15) is 15.0 Å². The first-order chi connectivity index (χ1) is 17.2. The van der Waals surface area contributed by atoms with Gasteiger partial charge in [-0.2, -0.15) is 0 Å². The van der Waals surface area contributed by atoms with Crippen molar-refractivity contribution in [2.75, 3.05) is 7.11 Å². The molecule has 11 atom stereocenters. The van der Waals surface area contributed by atoms with Crippen LogP contribution in [0.4, 0.5) is 0 Å². The molecule has 11 unspecified atom stereocenters. The zero-order chi connectivity index (χ0) is 27.2. The van der Waals surface area contributed by atoms with E-state index in [1.54, 1.807) is 13.8 Å². The summed E-state index contributed by atoms with van der Waals surface area (Å²) >= 11 is 0. The molecule has 5 heteroatoms. The molecule has 5 nitrogen and oxygen atoms in total. The molecule has 0 amide bonds. The molecule has 2 spiro atoms. The summed E-state index contributed by atoms with van der Waals surface area (Å²) < 4.78 is 11.7. The van der Waals surface area contributed by atoms with Crippen LogP contribution in [0.3, 0.4) is 0 Å². The molecule has 5 rings (SSSR count). The highest BCUT2D eigenvalue weighted by atomic mass is 16.6. The summed E-state index contributed by atoms with van der Waals surface area (Å²) in [7, 11) is 1.90. The topological polar surface area (TPSA) is 76.0 Å². The molecule has 212 valence electrons. The fraction of sp³-hybridized carbons (Fsp3) is 0.969. The first kappa shape index (κ1) is 27.9. The minimum absolute atomic E-state index is 0.0218. The zero-order valence-corrected chi connectivity index (χ0v) is 24.8. The SMILES string of the molecule is COC1CC2C3CCC4C(C)(C)C(O)CCC45C(C)C35CCC2(C)C1CCCC(OC(C)=O)C(C)(C)O. The lowest BCUT2D eigenvalue weighted by Gasteiger charge is -2.59. The van der Waals surface area contributed by atoms with E-state index in [2.05, 4.69) is 27.7 Å². The molecule has 0 saturated heterocycles. The summed E-state index contributed by atoms with van der Waals surface area (Å²) in [6, 6.07) is 0. The van der Waals surface area contributed by atoms with E-state index in [1.807, 2.05) is 7.11 Å². The van der Waals surface area contributed by atoms with Gasteiger partial charge in [-0.3, -0.25) is 4.79 Å². The summed E-state index contributed by atoms with van der Waals surface area (Å²) in [4.78, 5) is 11.6. The summed E-state index contributed by atoms with van der Waals surface area (Å²) in [6.07, 6.45) is 10.9. The second-order valence-electron chi connectivity index (χ2n) is 15.3. The van der Waals surface area contributed by atoms with Crippen molar-refractivity contribution in [1.82, 2.24) is 0 Å². The number of esters is 1. The van der Waals surface area contributed by atoms with Crippen molar-refractivity contribution in [3.05, 3.63) is 0 Å². The first-order valence-corrected chi connectivity index (χ1v) is 15.3. The van der Waals surface area contributed by atoms with E-state index in [4.69, 9.17) is 9.47 Å². The highest BCUT2D eigenvalue weighted by Crippen LogP contribution is 2.89. The Hall–Kier alpha value is -0.650. The first-order valence-electron chi connectivity index (χ1n) is 15.3. The third-order valence-corrected chi connectivity index (χ3v) is 13.5. The maximum atomic E-state index is 11.6. The highest BCUT2D eigenvalue weighted by Gasteiger charge is 2.84. The number of methoxy groups -OCH3 is 1. The summed E-state index contributed by atoms with van der Waals surface area (Å²) in [5.74, 6) is 3.07. The smallest absolute Gasteiger partial charge is 0.303 e. The number of hydrogen-bond acceptors (Lipinski definition) is 5. The normalized spacial score (nSPS) is 48.8. The van der Waals surface area contributed by atoms with Gasteiger partial charge in [0.05, 0.1) is 17.8 Å². The van der Waals surface area contributed by atoms with Crippen molar-refractivity contribution in [3.63, 3.8) is 0 Å². The Labute approximate surface area is 225 Å². The van der Waals surface area contributed by atoms with Gasteiger partial charge >= 0.3 is 5.97 Å². The van der Waals surface area contributed by atoms with Crippen LogP contribution in [0.5, 0.6) is 0 Å². The molecule has 0 aliphatic heterocycles. The van der Waals surface area contributed by atoms with E-state index in [1.165, 1.54) is 45.4 Å². The molecule has 0 heterocycles. The molecule has 0 bridgehead atoms. The van der Waals surface area contributed by atoms with Crippen molar-refractivity contribution in [3.8, 4) is 0 Å². The van der Waals surface area contributed by atoms with Crippen LogP contribution in [0.1, 0.15) is 113 Å². The van der Waals surface area contributed by atoms with Crippen LogP contribution >= 0.6 is 0 Å². The van der Waals surface area contributed by atoms with Crippen molar-refractivity contribution in [2.45, 2.75) is 137 Å². The van der Waals surface area contributed by atoms with Crippen LogP contribution in [0.2, 0.25) is 0 Å². The number of ether oxygens (including phenoxy) is 2. The van der Waals surface area contributed by atoms with E-state index in [-0.39, 0.29) is 29.0 Å². The van der Waals surface area contributed by atoms with Gasteiger partial charge in [0.15, 0.2) is 0 Å². The molecule has 5 saturated carbocycles. The summed E-state index contributed by atoms with van der Waals surface area (Å²) in [6.45, 7) is 14.7. The fourth-order valence-corrected chi connectivity index (χ4v) is 11.8. The Morgan fingerprint density at radius 3 is 2.38 bits per heavy atom. The quantitative estimate of drug-likeness (QED) is 0.396. The second kappa shape index (κ2) is 8.93. The fourth-order valence-electron chi connectivity index (χ4n) is 11.8. The van der Waals surface area contributed by atoms with Crippen molar-refractivity contribution in [1.29, 1.82) is 0 Å². The van der Waals surface area contributed by atoms with E-state index >= 15 is 0 Å². The predicted molar refractivity (Wildman–Crippen MR) is 145 cm³/mol. The number of carbonyl (C=O) groups is 1. The Kier molecular flexibility index (Phi) is 6.73. The Morgan fingerprint density at radius 2 is 1.76 bits per heavy atom. The van der Waals surface area contributed by atoms with Gasteiger partial charge in [0.2, 0.25) is 0 Å². The van der Waals surface area contributed by atoms with Crippen molar-refractivity contribution in [2.24, 2.45) is 51.2 Å². The van der Waals surface area contributed by atoms with Gasteiger partial charge in [-0.15, -0.1) is 0 Å². The molecular formula is C32H54O5. The Balaban J connectivity index is 1.35. The third-order valence-electron chi connectivity index (χ3n) is 13.5. The van der Waals surface area contributed by atoms with E-state index in [0.29, 0.717) is 35.0 Å². The second-order valence-corrected chi connectivity index (χ2v) is 15.3. The lowest BCUT2D eigenvalue weighted by atomic mass is 9.46. The van der Waals surface area contributed by atoms with Gasteiger partial charge in [0, 0.05) is 14.0 Å². The number of rotatable bonds is 7. The van der Waals surface area contributed by atoms with Crippen LogP contribution in [-0.2, 0) is 14.3 Å². The summed E-state index contributed by atoms with van der Waals surface area (Å²) in [5.41, 5.74) is 0.162. The van der Waals surface area contributed by atoms with Gasteiger partial charge in [0.1, 0.15) is 6.10 Å². The molecule has 2 N–H and O–H groups in total. The lowest BCUT2D eigenvalue weighted by molar-refractivity contribution is -0.160. The average molecular weight is 519 g/mol. The van der Waals surface area contributed by atoms with Crippen LogP contribution < -0.4 is 0 Å². The van der Waals surface area contributed by atoms with Crippen LogP contribution in [-0.4, -0.2) is 47.2 Å². The highest BCUT2D eigenvalue weighted by molar-refractivity contribution is 5.66. The van der Waals surface area contributed by atoms with Gasteiger partial charge in [0.25, 0.3) is 0 Å². The largest absolute Gasteiger partial charge is 0.460 e. The lowest BCUT2D eigenvalue weighted by Crippen LogP contribution is -2.54. The zero-order valence-electron chi connectivity index (χ0n) is 24.8. The number of aliphatic hydroxyl groups is 2. The predicted octanol–water partition coefficient (Wildman–Crippen LogP) is 6.14. The maximum Gasteiger partial charge on any atom is 0.303 e. The molecule has 37 heavy (non-hydrogen) atoms. The maximum absolute atomic E-state index is 11.6. The van der Waals surface area contributed by atoms with Crippen molar-refractivity contribution < 1.29 is 24.5 Å². The van der Waals surface area contributed by atoms with Crippen LogP contribution in [0, 0.1) is 51.2 Å². The molecule has 0 aromatic rings. The minimum atomic E-state index is -1.04. The van der Waals surface area contributed by atoms with E-state index in [0.717, 1.165) is 31.1 Å². The molecular weight excluding hydrogens is 464 g/mol. The Morgan fingerprint density at radius 1 is 1.05 bits per heavy atom. The van der Waals surface area contributed by atoms with Gasteiger partial charge in [-0.1, -0.05) is 27.7 Å². The molecule has 5 fully saturated rings. The van der Waals surface area contributed by atoms with Gasteiger partial charge in [-0.25, -0.2) is 0 Å². The number of carbonyl (C=O) groups excluding carboxylic acids is 1. The number of aliphatic hydroxyl groups excluding tert-OH is 1. The van der Waals surface area contributed by atoms with Crippen molar-refractivity contribution >= 4 is 5.97 Å². The molecule has 5 aliphatic rings. The monoisotopic (exact) mass is 518 g/mol. The average Bonchev–Trinajstić information content (AvgIpc) is 3.19. The molecule has 0 aromatic carbocycles. The van der Waals surface area contributed by atoms with E-state index < -0.39 is 11.7 Å². The minimum Gasteiger partial charge on any atom is -0.460 e. The van der Waals surface area contributed by atoms with Crippen LogP contribution in [0.15, 0.2) is 0 Å². The standard InChI is InChI=1S/C32H54O5/c1-19-31-17-16-30(7)22(10-9-11-27(29(5,6)35)37-20(2)33)24(36-8)18-23(30)21(31)12-13-25-28(3,4)26(34)14-15-32(19,25)31/h19,21-27,34-35H,9-18H2,1-8H3. The molecule has 0 radical (unpaired) electrons. The number of fused-ring (bicyclic) bond motifs is 2. The number of hydrogen-bond donors (Lipinski definition) is 2. The third kappa shape index (κ3) is 3.75. The Bertz CT molecular complexity index is 892. The van der Waals surface area contributed by atoms with Gasteiger partial charge < -0.3 is 19.7 Å². The van der Waals surface area contributed by atoms with Gasteiger partial charge in [-0.05, 0) is 129 Å². The molecule has 5 aliphatic carbocycles.